The van der Waals surface area contributed by atoms with Crippen molar-refractivity contribution in [2.24, 2.45) is 5.92 Å². The molecule has 0 aromatic rings. The first-order valence-corrected chi connectivity index (χ1v) is 5.01. The molecule has 0 radical (unpaired) electrons. The maximum Gasteiger partial charge on any atom is 0.0725 e. The standard InChI is InChI=1S/C8H16O2S/c1-7-5-3-4-6-8(7)11-10-9-2/h7-8H,3-6H2,1-2H3. The van der Waals surface area contributed by atoms with Crippen LogP contribution in [0, 0.1) is 5.92 Å². The lowest BCUT2D eigenvalue weighted by Gasteiger charge is -2.26. The predicted molar refractivity (Wildman–Crippen MR) is 47.1 cm³/mol. The Kier molecular flexibility index (Phi) is 4.26. The normalized spacial score (nSPS) is 32.2. The smallest absolute Gasteiger partial charge is 0.0725 e. The molecule has 0 saturated heterocycles. The molecule has 0 aromatic carbocycles. The van der Waals surface area contributed by atoms with Gasteiger partial charge in [-0.3, -0.25) is 0 Å². The highest BCUT2D eigenvalue weighted by molar-refractivity contribution is 7.95. The zero-order valence-corrected chi connectivity index (χ0v) is 8.02. The van der Waals surface area contributed by atoms with Crippen molar-refractivity contribution in [2.75, 3.05) is 7.11 Å². The molecular formula is C8H16O2S. The Labute approximate surface area is 72.8 Å². The molecule has 0 amide bonds. The number of hydrogen-bond donors (Lipinski definition) is 0. The van der Waals surface area contributed by atoms with Crippen LogP contribution in [0.25, 0.3) is 0 Å². The molecule has 0 aromatic heterocycles. The van der Waals surface area contributed by atoms with Crippen LogP contribution in [0.5, 0.6) is 0 Å². The van der Waals surface area contributed by atoms with Gasteiger partial charge in [-0.2, -0.15) is 4.33 Å². The Bertz CT molecular complexity index is 108. The van der Waals surface area contributed by atoms with Crippen molar-refractivity contribution >= 4 is 12.0 Å². The summed E-state index contributed by atoms with van der Waals surface area (Å²) in [6.07, 6.45) is 5.33. The average Bonchev–Trinajstić information content (AvgIpc) is 2.03. The van der Waals surface area contributed by atoms with Crippen molar-refractivity contribution in [1.29, 1.82) is 0 Å². The lowest BCUT2D eigenvalue weighted by atomic mass is 9.90. The highest BCUT2D eigenvalue weighted by Gasteiger charge is 2.22. The van der Waals surface area contributed by atoms with Gasteiger partial charge in [-0.05, 0) is 18.8 Å². The second-order valence-electron chi connectivity index (χ2n) is 3.13. The molecule has 2 unspecified atom stereocenters. The fourth-order valence-corrected chi connectivity index (χ4v) is 2.28. The molecule has 2 nitrogen and oxygen atoms in total. The van der Waals surface area contributed by atoms with Gasteiger partial charge in [-0.1, -0.05) is 19.8 Å². The quantitative estimate of drug-likeness (QED) is 0.374. The second kappa shape index (κ2) is 5.01. The summed E-state index contributed by atoms with van der Waals surface area (Å²) in [6.45, 7) is 2.29. The predicted octanol–water partition coefficient (Wildman–Crippen LogP) is 2.79. The zero-order valence-electron chi connectivity index (χ0n) is 7.21. The molecule has 0 spiro atoms. The van der Waals surface area contributed by atoms with E-state index >= 15 is 0 Å². The second-order valence-corrected chi connectivity index (χ2v) is 4.07. The Morgan fingerprint density at radius 3 is 2.64 bits per heavy atom. The lowest BCUT2D eigenvalue weighted by Crippen LogP contribution is -2.19. The number of hydrogen-bond acceptors (Lipinski definition) is 3. The molecule has 1 saturated carbocycles. The van der Waals surface area contributed by atoms with E-state index in [1.165, 1.54) is 37.7 Å². The van der Waals surface area contributed by atoms with E-state index in [-0.39, 0.29) is 0 Å². The van der Waals surface area contributed by atoms with E-state index < -0.39 is 0 Å². The molecule has 1 aliphatic rings. The van der Waals surface area contributed by atoms with E-state index in [0.717, 1.165) is 5.92 Å². The summed E-state index contributed by atoms with van der Waals surface area (Å²) in [5, 5.41) is 0.642. The third kappa shape index (κ3) is 3.01. The van der Waals surface area contributed by atoms with Crippen molar-refractivity contribution in [3.8, 4) is 0 Å². The Hall–Kier alpha value is 0.270. The third-order valence-electron chi connectivity index (χ3n) is 2.26. The summed E-state index contributed by atoms with van der Waals surface area (Å²) < 4.78 is 4.86. The molecule has 66 valence electrons. The van der Waals surface area contributed by atoms with Crippen molar-refractivity contribution in [3.05, 3.63) is 0 Å². The zero-order chi connectivity index (χ0) is 8.10. The van der Waals surface area contributed by atoms with Gasteiger partial charge < -0.3 is 0 Å². The van der Waals surface area contributed by atoms with Crippen LogP contribution in [0.15, 0.2) is 0 Å². The van der Waals surface area contributed by atoms with Crippen molar-refractivity contribution < 1.29 is 9.22 Å². The first kappa shape index (κ1) is 9.36. The van der Waals surface area contributed by atoms with Crippen molar-refractivity contribution in [3.63, 3.8) is 0 Å². The monoisotopic (exact) mass is 176 g/mol. The summed E-state index contributed by atoms with van der Waals surface area (Å²) in [5.74, 6) is 0.781. The van der Waals surface area contributed by atoms with E-state index in [1.54, 1.807) is 7.11 Å². The van der Waals surface area contributed by atoms with Gasteiger partial charge in [0.25, 0.3) is 0 Å². The molecule has 2 atom stereocenters. The van der Waals surface area contributed by atoms with E-state index in [1.807, 2.05) is 0 Å². The van der Waals surface area contributed by atoms with Crippen LogP contribution in [0.2, 0.25) is 0 Å². The molecule has 0 aliphatic heterocycles. The van der Waals surface area contributed by atoms with Gasteiger partial charge in [-0.25, -0.2) is 4.89 Å². The minimum Gasteiger partial charge on any atom is -0.228 e. The van der Waals surface area contributed by atoms with E-state index in [2.05, 4.69) is 11.8 Å². The van der Waals surface area contributed by atoms with E-state index in [9.17, 15) is 0 Å². The van der Waals surface area contributed by atoms with Crippen LogP contribution in [-0.4, -0.2) is 12.4 Å². The lowest BCUT2D eigenvalue weighted by molar-refractivity contribution is -0.161. The molecular weight excluding hydrogens is 160 g/mol. The minimum absolute atomic E-state index is 0.642. The van der Waals surface area contributed by atoms with Gasteiger partial charge in [-0.15, -0.1) is 0 Å². The summed E-state index contributed by atoms with van der Waals surface area (Å²) in [6, 6.07) is 0. The summed E-state index contributed by atoms with van der Waals surface area (Å²) in [7, 11) is 1.56. The molecule has 0 bridgehead atoms. The largest absolute Gasteiger partial charge is 0.228 e. The van der Waals surface area contributed by atoms with Gasteiger partial charge in [0.1, 0.15) is 0 Å². The molecule has 11 heavy (non-hydrogen) atoms. The maximum absolute atomic E-state index is 4.86. The highest BCUT2D eigenvalue weighted by atomic mass is 32.2. The SMILES string of the molecule is COOSC1CCCCC1C. The fourth-order valence-electron chi connectivity index (χ4n) is 1.51. The van der Waals surface area contributed by atoms with Crippen LogP contribution in [-0.2, 0) is 9.22 Å². The fraction of sp³-hybridized carbons (Fsp3) is 1.00. The van der Waals surface area contributed by atoms with Crippen molar-refractivity contribution in [2.45, 2.75) is 37.9 Å². The van der Waals surface area contributed by atoms with E-state index in [0.29, 0.717) is 5.25 Å². The maximum atomic E-state index is 4.86. The molecule has 0 N–H and O–H groups in total. The van der Waals surface area contributed by atoms with Gasteiger partial charge in [0.15, 0.2) is 0 Å². The molecule has 0 heterocycles. The Balaban J connectivity index is 2.18. The van der Waals surface area contributed by atoms with Crippen LogP contribution in [0.3, 0.4) is 0 Å². The Morgan fingerprint density at radius 2 is 2.00 bits per heavy atom. The molecule has 3 heteroatoms. The minimum atomic E-state index is 0.642. The third-order valence-corrected chi connectivity index (χ3v) is 3.43. The van der Waals surface area contributed by atoms with Crippen molar-refractivity contribution in [1.82, 2.24) is 0 Å². The summed E-state index contributed by atoms with van der Waals surface area (Å²) in [4.78, 5) is 4.56. The molecule has 1 rings (SSSR count). The van der Waals surface area contributed by atoms with E-state index in [4.69, 9.17) is 4.33 Å². The average molecular weight is 176 g/mol. The van der Waals surface area contributed by atoms with Crippen LogP contribution in [0.4, 0.5) is 0 Å². The van der Waals surface area contributed by atoms with Gasteiger partial charge in [0.2, 0.25) is 0 Å². The Morgan fingerprint density at radius 1 is 1.27 bits per heavy atom. The van der Waals surface area contributed by atoms with Gasteiger partial charge in [0.05, 0.1) is 7.11 Å². The molecule has 1 aliphatic carbocycles. The first-order chi connectivity index (χ1) is 5.34. The molecule has 1 fully saturated rings. The van der Waals surface area contributed by atoms with Crippen LogP contribution < -0.4 is 0 Å². The first-order valence-electron chi connectivity index (χ1n) is 4.20. The van der Waals surface area contributed by atoms with Gasteiger partial charge in [0, 0.05) is 17.3 Å². The van der Waals surface area contributed by atoms with Crippen LogP contribution >= 0.6 is 12.0 Å². The van der Waals surface area contributed by atoms with Crippen LogP contribution in [0.1, 0.15) is 32.6 Å². The topological polar surface area (TPSA) is 18.5 Å². The summed E-state index contributed by atoms with van der Waals surface area (Å²) >= 11 is 1.48. The highest BCUT2D eigenvalue weighted by Crippen LogP contribution is 2.33. The van der Waals surface area contributed by atoms with Gasteiger partial charge >= 0.3 is 0 Å². The summed E-state index contributed by atoms with van der Waals surface area (Å²) in [5.41, 5.74) is 0. The number of rotatable bonds is 3.